The standard InChI is InChI=1S/C11H15NO3/c1-5-8-12(10(13)6-2)9(4)11(14)15-7-3/h1,6,9H,2,7-8H2,3-4H3. The van der Waals surface area contributed by atoms with Gasteiger partial charge in [0.2, 0.25) is 5.91 Å². The predicted molar refractivity (Wildman–Crippen MR) is 56.8 cm³/mol. The largest absolute Gasteiger partial charge is 0.464 e. The average molecular weight is 209 g/mol. The lowest BCUT2D eigenvalue weighted by atomic mass is 10.2. The van der Waals surface area contributed by atoms with Crippen LogP contribution in [0.5, 0.6) is 0 Å². The van der Waals surface area contributed by atoms with Gasteiger partial charge in [0.1, 0.15) is 6.04 Å². The van der Waals surface area contributed by atoms with Gasteiger partial charge in [-0.2, -0.15) is 0 Å². The first-order chi connectivity index (χ1) is 7.08. The minimum atomic E-state index is -0.688. The first kappa shape index (κ1) is 13.2. The maximum atomic E-state index is 11.4. The first-order valence-electron chi connectivity index (χ1n) is 4.61. The lowest BCUT2D eigenvalue weighted by molar-refractivity contribution is -0.152. The van der Waals surface area contributed by atoms with Gasteiger partial charge in [0, 0.05) is 0 Å². The Hall–Kier alpha value is -1.76. The van der Waals surface area contributed by atoms with Crippen molar-refractivity contribution in [2.45, 2.75) is 19.9 Å². The van der Waals surface area contributed by atoms with Crippen molar-refractivity contribution in [3.63, 3.8) is 0 Å². The van der Waals surface area contributed by atoms with E-state index in [1.807, 2.05) is 0 Å². The van der Waals surface area contributed by atoms with E-state index < -0.39 is 12.0 Å². The second-order valence-corrected chi connectivity index (χ2v) is 2.80. The molecule has 0 aromatic rings. The minimum Gasteiger partial charge on any atom is -0.464 e. The SMILES string of the molecule is C#CCN(C(=O)C=C)C(C)C(=O)OCC. The molecule has 0 heterocycles. The van der Waals surface area contributed by atoms with Gasteiger partial charge in [-0.05, 0) is 19.9 Å². The number of hydrogen-bond donors (Lipinski definition) is 0. The van der Waals surface area contributed by atoms with Gasteiger partial charge in [-0.3, -0.25) is 4.79 Å². The van der Waals surface area contributed by atoms with Crippen molar-refractivity contribution in [2.75, 3.05) is 13.2 Å². The van der Waals surface area contributed by atoms with Crippen LogP contribution >= 0.6 is 0 Å². The molecule has 4 heteroatoms. The van der Waals surface area contributed by atoms with Gasteiger partial charge in [-0.1, -0.05) is 12.5 Å². The molecule has 0 aliphatic heterocycles. The Bertz CT molecular complexity index is 291. The molecule has 0 saturated carbocycles. The molecule has 1 amide bonds. The zero-order chi connectivity index (χ0) is 11.8. The molecule has 0 saturated heterocycles. The summed E-state index contributed by atoms with van der Waals surface area (Å²) in [6, 6.07) is -0.688. The highest BCUT2D eigenvalue weighted by Gasteiger charge is 2.24. The van der Waals surface area contributed by atoms with E-state index in [2.05, 4.69) is 12.5 Å². The summed E-state index contributed by atoms with van der Waals surface area (Å²) in [7, 11) is 0. The van der Waals surface area contributed by atoms with Crippen LogP contribution in [0.3, 0.4) is 0 Å². The summed E-state index contributed by atoms with van der Waals surface area (Å²) < 4.78 is 4.79. The molecule has 0 aromatic carbocycles. The van der Waals surface area contributed by atoms with Gasteiger partial charge in [-0.15, -0.1) is 6.42 Å². The first-order valence-corrected chi connectivity index (χ1v) is 4.61. The summed E-state index contributed by atoms with van der Waals surface area (Å²) in [5.74, 6) is 1.46. The zero-order valence-corrected chi connectivity index (χ0v) is 9.03. The lowest BCUT2D eigenvalue weighted by Crippen LogP contribution is -2.43. The van der Waals surface area contributed by atoms with Crippen LogP contribution in [0.2, 0.25) is 0 Å². The Kier molecular flexibility index (Phi) is 5.88. The molecule has 0 aliphatic carbocycles. The van der Waals surface area contributed by atoms with Gasteiger partial charge >= 0.3 is 5.97 Å². The summed E-state index contributed by atoms with van der Waals surface area (Å²) in [5.41, 5.74) is 0. The maximum Gasteiger partial charge on any atom is 0.328 e. The fourth-order valence-corrected chi connectivity index (χ4v) is 1.01. The van der Waals surface area contributed by atoms with E-state index in [1.165, 1.54) is 4.90 Å². The monoisotopic (exact) mass is 209 g/mol. The van der Waals surface area contributed by atoms with Gasteiger partial charge in [0.25, 0.3) is 0 Å². The van der Waals surface area contributed by atoms with Crippen molar-refractivity contribution >= 4 is 11.9 Å². The number of amides is 1. The Balaban J connectivity index is 4.62. The van der Waals surface area contributed by atoms with Crippen molar-refractivity contribution in [3.8, 4) is 12.3 Å². The summed E-state index contributed by atoms with van der Waals surface area (Å²) in [4.78, 5) is 23.9. The van der Waals surface area contributed by atoms with Crippen LogP contribution < -0.4 is 0 Å². The number of rotatable bonds is 5. The van der Waals surface area contributed by atoms with Crippen molar-refractivity contribution in [1.29, 1.82) is 0 Å². The second kappa shape index (κ2) is 6.66. The number of hydrogen-bond acceptors (Lipinski definition) is 3. The van der Waals surface area contributed by atoms with Crippen molar-refractivity contribution in [1.82, 2.24) is 4.90 Å². The smallest absolute Gasteiger partial charge is 0.328 e. The van der Waals surface area contributed by atoms with E-state index in [0.717, 1.165) is 6.08 Å². The Morgan fingerprint density at radius 2 is 2.27 bits per heavy atom. The third kappa shape index (κ3) is 3.86. The molecule has 15 heavy (non-hydrogen) atoms. The van der Waals surface area contributed by atoms with E-state index in [0.29, 0.717) is 0 Å². The lowest BCUT2D eigenvalue weighted by Gasteiger charge is -2.24. The Morgan fingerprint density at radius 1 is 1.67 bits per heavy atom. The highest BCUT2D eigenvalue weighted by atomic mass is 16.5. The number of carbonyl (C=O) groups excluding carboxylic acids is 2. The quantitative estimate of drug-likeness (QED) is 0.378. The molecule has 82 valence electrons. The second-order valence-electron chi connectivity index (χ2n) is 2.80. The zero-order valence-electron chi connectivity index (χ0n) is 9.03. The fraction of sp³-hybridized carbons (Fsp3) is 0.455. The van der Waals surface area contributed by atoms with E-state index in [-0.39, 0.29) is 19.1 Å². The highest BCUT2D eigenvalue weighted by molar-refractivity contribution is 5.91. The summed E-state index contributed by atoms with van der Waals surface area (Å²) in [6.07, 6.45) is 6.22. The number of terminal acetylenes is 1. The predicted octanol–water partition coefficient (Wildman–Crippen LogP) is 0.586. The molecule has 0 rings (SSSR count). The van der Waals surface area contributed by atoms with Gasteiger partial charge in [-0.25, -0.2) is 4.79 Å². The Morgan fingerprint density at radius 3 is 2.67 bits per heavy atom. The Labute approximate surface area is 89.9 Å². The van der Waals surface area contributed by atoms with Gasteiger partial charge in [0.15, 0.2) is 0 Å². The normalized spacial score (nSPS) is 11.0. The summed E-state index contributed by atoms with van der Waals surface area (Å²) >= 11 is 0. The van der Waals surface area contributed by atoms with E-state index in [1.54, 1.807) is 13.8 Å². The fourth-order valence-electron chi connectivity index (χ4n) is 1.01. The molecule has 0 aliphatic rings. The third-order valence-corrected chi connectivity index (χ3v) is 1.81. The summed E-state index contributed by atoms with van der Waals surface area (Å²) in [5, 5.41) is 0. The van der Waals surface area contributed by atoms with Gasteiger partial charge in [0.05, 0.1) is 13.2 Å². The number of ether oxygens (including phenoxy) is 1. The van der Waals surface area contributed by atoms with Crippen LogP contribution in [0.15, 0.2) is 12.7 Å². The molecule has 1 unspecified atom stereocenters. The van der Waals surface area contributed by atoms with Crippen LogP contribution in [0.1, 0.15) is 13.8 Å². The third-order valence-electron chi connectivity index (χ3n) is 1.81. The van der Waals surface area contributed by atoms with Crippen LogP contribution in [-0.2, 0) is 14.3 Å². The van der Waals surface area contributed by atoms with E-state index in [9.17, 15) is 9.59 Å². The number of nitrogens with zero attached hydrogens (tertiary/aromatic N) is 1. The molecule has 0 bridgehead atoms. The van der Waals surface area contributed by atoms with Crippen LogP contribution in [0, 0.1) is 12.3 Å². The summed E-state index contributed by atoms with van der Waals surface area (Å²) in [6.45, 7) is 6.94. The number of esters is 1. The van der Waals surface area contributed by atoms with Crippen molar-refractivity contribution < 1.29 is 14.3 Å². The molecular weight excluding hydrogens is 194 g/mol. The van der Waals surface area contributed by atoms with Crippen molar-refractivity contribution in [3.05, 3.63) is 12.7 Å². The minimum absolute atomic E-state index is 0.0604. The van der Waals surface area contributed by atoms with Crippen molar-refractivity contribution in [2.24, 2.45) is 0 Å². The molecule has 4 nitrogen and oxygen atoms in total. The highest BCUT2D eigenvalue weighted by Crippen LogP contribution is 2.02. The van der Waals surface area contributed by atoms with Crippen LogP contribution in [-0.4, -0.2) is 36.0 Å². The topological polar surface area (TPSA) is 46.6 Å². The van der Waals surface area contributed by atoms with Crippen LogP contribution in [0.25, 0.3) is 0 Å². The molecule has 1 atom stereocenters. The molecule has 0 spiro atoms. The van der Waals surface area contributed by atoms with Gasteiger partial charge < -0.3 is 9.64 Å². The van der Waals surface area contributed by atoms with E-state index in [4.69, 9.17) is 11.2 Å². The molecule has 0 N–H and O–H groups in total. The molecular formula is C11H15NO3. The molecule has 0 fully saturated rings. The van der Waals surface area contributed by atoms with E-state index >= 15 is 0 Å². The molecule has 0 radical (unpaired) electrons. The maximum absolute atomic E-state index is 11.4. The average Bonchev–Trinajstić information content (AvgIpc) is 2.24. The molecule has 0 aromatic heterocycles. The van der Waals surface area contributed by atoms with Crippen LogP contribution in [0.4, 0.5) is 0 Å². The number of carbonyl (C=O) groups is 2.